The van der Waals surface area contributed by atoms with Gasteiger partial charge in [0.15, 0.2) is 0 Å². The molecule has 0 heterocycles. The standard InChI is InChI=1S/C20H24N2O4/c1-3-7-19(23)26-22(20(21)24)15(2)17-10-12-18(13-11-17)25-14-16-8-5-4-6-9-16/h4-6,8-13,15H,3,7,14H2,1-2H3,(H2,21,24). The van der Waals surface area contributed by atoms with Gasteiger partial charge in [-0.2, -0.15) is 0 Å². The maximum absolute atomic E-state index is 11.7. The summed E-state index contributed by atoms with van der Waals surface area (Å²) in [5, 5.41) is 0.901. The van der Waals surface area contributed by atoms with Crippen LogP contribution >= 0.6 is 0 Å². The predicted octanol–water partition coefficient (Wildman–Crippen LogP) is 3.97. The molecule has 0 radical (unpaired) electrons. The average molecular weight is 356 g/mol. The van der Waals surface area contributed by atoms with Gasteiger partial charge in [0.2, 0.25) is 0 Å². The van der Waals surface area contributed by atoms with E-state index in [4.69, 9.17) is 15.3 Å². The summed E-state index contributed by atoms with van der Waals surface area (Å²) in [5.74, 6) is 0.222. The van der Waals surface area contributed by atoms with Crippen LogP contribution in [0.25, 0.3) is 0 Å². The number of benzene rings is 2. The summed E-state index contributed by atoms with van der Waals surface area (Å²) in [6, 6.07) is 15.8. The van der Waals surface area contributed by atoms with Gasteiger partial charge in [-0.3, -0.25) is 0 Å². The van der Waals surface area contributed by atoms with Crippen LogP contribution in [0.3, 0.4) is 0 Å². The fourth-order valence-corrected chi connectivity index (χ4v) is 2.39. The number of carbonyl (C=O) groups excluding carboxylic acids is 2. The average Bonchev–Trinajstić information content (AvgIpc) is 2.65. The van der Waals surface area contributed by atoms with Gasteiger partial charge in [-0.25, -0.2) is 9.59 Å². The fraction of sp³-hybridized carbons (Fsp3) is 0.300. The number of amides is 2. The van der Waals surface area contributed by atoms with E-state index >= 15 is 0 Å². The molecule has 2 aromatic rings. The molecular formula is C20H24N2O4. The molecule has 0 aliphatic carbocycles. The number of primary amides is 1. The zero-order valence-electron chi connectivity index (χ0n) is 15.1. The Kier molecular flexibility index (Phi) is 7.02. The summed E-state index contributed by atoms with van der Waals surface area (Å²) in [6.07, 6.45) is 0.857. The van der Waals surface area contributed by atoms with Crippen molar-refractivity contribution in [3.63, 3.8) is 0 Å². The van der Waals surface area contributed by atoms with Gasteiger partial charge in [0.1, 0.15) is 12.4 Å². The largest absolute Gasteiger partial charge is 0.489 e. The molecule has 0 fully saturated rings. The van der Waals surface area contributed by atoms with Crippen molar-refractivity contribution in [1.29, 1.82) is 0 Å². The van der Waals surface area contributed by atoms with E-state index in [-0.39, 0.29) is 6.42 Å². The summed E-state index contributed by atoms with van der Waals surface area (Å²) in [7, 11) is 0. The van der Waals surface area contributed by atoms with Crippen LogP contribution in [0, 0.1) is 0 Å². The van der Waals surface area contributed by atoms with Crippen LogP contribution in [0.5, 0.6) is 5.75 Å². The smallest absolute Gasteiger partial charge is 0.348 e. The van der Waals surface area contributed by atoms with Gasteiger partial charge in [-0.1, -0.05) is 49.4 Å². The molecule has 0 aromatic heterocycles. The maximum atomic E-state index is 11.7. The van der Waals surface area contributed by atoms with Crippen LogP contribution in [-0.4, -0.2) is 17.1 Å². The molecule has 2 amide bonds. The van der Waals surface area contributed by atoms with Crippen molar-refractivity contribution in [2.24, 2.45) is 5.73 Å². The first-order valence-electron chi connectivity index (χ1n) is 8.57. The molecule has 0 aliphatic heterocycles. The van der Waals surface area contributed by atoms with E-state index in [0.717, 1.165) is 16.2 Å². The van der Waals surface area contributed by atoms with E-state index in [0.29, 0.717) is 18.8 Å². The number of hydrogen-bond donors (Lipinski definition) is 1. The van der Waals surface area contributed by atoms with Crippen LogP contribution in [0.15, 0.2) is 54.6 Å². The van der Waals surface area contributed by atoms with E-state index < -0.39 is 18.0 Å². The van der Waals surface area contributed by atoms with Crippen molar-refractivity contribution in [2.45, 2.75) is 39.3 Å². The normalized spacial score (nSPS) is 11.5. The number of hydrogen-bond acceptors (Lipinski definition) is 4. The number of carbonyl (C=O) groups is 2. The lowest BCUT2D eigenvalue weighted by Gasteiger charge is -2.25. The number of hydroxylamine groups is 2. The van der Waals surface area contributed by atoms with Crippen LogP contribution < -0.4 is 10.5 Å². The molecule has 0 aliphatic rings. The highest BCUT2D eigenvalue weighted by Gasteiger charge is 2.23. The third-order valence-corrected chi connectivity index (χ3v) is 3.83. The summed E-state index contributed by atoms with van der Waals surface area (Å²) < 4.78 is 5.74. The third kappa shape index (κ3) is 5.51. The molecule has 2 rings (SSSR count). The molecule has 0 spiro atoms. The highest BCUT2D eigenvalue weighted by Crippen LogP contribution is 2.24. The van der Waals surface area contributed by atoms with Gasteiger partial charge in [0.25, 0.3) is 0 Å². The van der Waals surface area contributed by atoms with E-state index in [2.05, 4.69) is 0 Å². The van der Waals surface area contributed by atoms with Crippen LogP contribution in [-0.2, 0) is 16.2 Å². The van der Waals surface area contributed by atoms with Gasteiger partial charge in [-0.15, -0.1) is 5.06 Å². The number of nitrogens with two attached hydrogens (primary N) is 1. The van der Waals surface area contributed by atoms with Gasteiger partial charge in [0.05, 0.1) is 6.04 Å². The van der Waals surface area contributed by atoms with Crippen LogP contribution in [0.4, 0.5) is 4.79 Å². The molecule has 138 valence electrons. The summed E-state index contributed by atoms with van der Waals surface area (Å²) in [5.41, 5.74) is 7.20. The second-order valence-electron chi connectivity index (χ2n) is 5.90. The summed E-state index contributed by atoms with van der Waals surface area (Å²) in [6.45, 7) is 4.06. The van der Waals surface area contributed by atoms with Crippen molar-refractivity contribution < 1.29 is 19.2 Å². The lowest BCUT2D eigenvalue weighted by atomic mass is 10.1. The van der Waals surface area contributed by atoms with Gasteiger partial charge >= 0.3 is 12.0 Å². The Morgan fingerprint density at radius 1 is 1.08 bits per heavy atom. The molecule has 2 aromatic carbocycles. The minimum Gasteiger partial charge on any atom is -0.489 e. The predicted molar refractivity (Wildman–Crippen MR) is 98.1 cm³/mol. The summed E-state index contributed by atoms with van der Waals surface area (Å²) in [4.78, 5) is 28.4. The Morgan fingerprint density at radius 2 is 1.73 bits per heavy atom. The molecule has 26 heavy (non-hydrogen) atoms. The van der Waals surface area contributed by atoms with E-state index in [1.807, 2.05) is 61.5 Å². The van der Waals surface area contributed by atoms with Crippen LogP contribution in [0.1, 0.15) is 43.9 Å². The Hall–Kier alpha value is -3.02. The molecular weight excluding hydrogens is 332 g/mol. The lowest BCUT2D eigenvalue weighted by Crippen LogP contribution is -2.39. The minimum absolute atomic E-state index is 0.225. The lowest BCUT2D eigenvalue weighted by molar-refractivity contribution is -0.183. The Morgan fingerprint density at radius 3 is 2.31 bits per heavy atom. The monoisotopic (exact) mass is 356 g/mol. The number of nitrogens with zero attached hydrogens (tertiary/aromatic N) is 1. The Labute approximate surface area is 153 Å². The zero-order valence-corrected chi connectivity index (χ0v) is 15.1. The molecule has 1 atom stereocenters. The zero-order chi connectivity index (χ0) is 18.9. The van der Waals surface area contributed by atoms with Crippen molar-refractivity contribution in [1.82, 2.24) is 5.06 Å². The number of ether oxygens (including phenoxy) is 1. The van der Waals surface area contributed by atoms with Crippen molar-refractivity contribution >= 4 is 12.0 Å². The second kappa shape index (κ2) is 9.46. The van der Waals surface area contributed by atoms with E-state index in [1.54, 1.807) is 6.92 Å². The topological polar surface area (TPSA) is 81.9 Å². The Balaban J connectivity index is 2.00. The van der Waals surface area contributed by atoms with Gasteiger partial charge < -0.3 is 15.3 Å². The van der Waals surface area contributed by atoms with Crippen molar-refractivity contribution in [2.75, 3.05) is 0 Å². The van der Waals surface area contributed by atoms with Crippen molar-refractivity contribution in [3.8, 4) is 5.75 Å². The third-order valence-electron chi connectivity index (χ3n) is 3.83. The maximum Gasteiger partial charge on any atom is 0.348 e. The second-order valence-corrected chi connectivity index (χ2v) is 5.90. The first kappa shape index (κ1) is 19.3. The van der Waals surface area contributed by atoms with E-state index in [9.17, 15) is 9.59 Å². The van der Waals surface area contributed by atoms with Gasteiger partial charge in [-0.05, 0) is 36.6 Å². The first-order chi connectivity index (χ1) is 12.5. The molecule has 0 saturated carbocycles. The Bertz CT molecular complexity index is 716. The quantitative estimate of drug-likeness (QED) is 0.761. The molecule has 0 bridgehead atoms. The molecule has 0 saturated heterocycles. The SMILES string of the molecule is CCCC(=O)ON(C(N)=O)C(C)c1ccc(OCc2ccccc2)cc1. The molecule has 2 N–H and O–H groups in total. The van der Waals surface area contributed by atoms with Crippen LogP contribution in [0.2, 0.25) is 0 Å². The number of urea groups is 1. The molecule has 6 nitrogen and oxygen atoms in total. The van der Waals surface area contributed by atoms with E-state index in [1.165, 1.54) is 0 Å². The highest BCUT2D eigenvalue weighted by molar-refractivity contribution is 5.75. The molecule has 6 heteroatoms. The van der Waals surface area contributed by atoms with Gasteiger partial charge in [0, 0.05) is 6.42 Å². The molecule has 1 unspecified atom stereocenters. The first-order valence-corrected chi connectivity index (χ1v) is 8.57. The number of rotatable bonds is 7. The van der Waals surface area contributed by atoms with Crippen molar-refractivity contribution in [3.05, 3.63) is 65.7 Å². The summed E-state index contributed by atoms with van der Waals surface area (Å²) >= 11 is 0. The fourth-order valence-electron chi connectivity index (χ4n) is 2.39. The minimum atomic E-state index is -0.814. The highest BCUT2D eigenvalue weighted by atomic mass is 16.7.